The molecule has 1 N–H and O–H groups in total. The Morgan fingerprint density at radius 3 is 1.39 bits per heavy atom. The number of ether oxygens (including phenoxy) is 4. The van der Waals surface area contributed by atoms with Crippen LogP contribution in [0.1, 0.15) is 18.1 Å². The van der Waals surface area contributed by atoms with Crippen LogP contribution >= 0.6 is 0 Å². The SMILES string of the molecule is COc1cccc(C(C)(O)c2cccc(OC)c2OC)c1OC. The van der Waals surface area contributed by atoms with Crippen LogP contribution in [0.4, 0.5) is 0 Å². The second-order valence-electron chi connectivity index (χ2n) is 5.15. The van der Waals surface area contributed by atoms with Crippen LogP contribution in [0.25, 0.3) is 0 Å². The van der Waals surface area contributed by atoms with Gasteiger partial charge in [-0.1, -0.05) is 24.3 Å². The summed E-state index contributed by atoms with van der Waals surface area (Å²) in [6, 6.07) is 10.7. The second kappa shape index (κ2) is 6.79. The van der Waals surface area contributed by atoms with Gasteiger partial charge < -0.3 is 24.1 Å². The fourth-order valence-corrected chi connectivity index (χ4v) is 2.69. The van der Waals surface area contributed by atoms with E-state index < -0.39 is 5.60 Å². The lowest BCUT2D eigenvalue weighted by Crippen LogP contribution is -2.24. The van der Waals surface area contributed by atoms with Gasteiger partial charge in [-0.25, -0.2) is 0 Å². The molecule has 0 aromatic heterocycles. The number of benzene rings is 2. The Bertz CT molecular complexity index is 622. The van der Waals surface area contributed by atoms with E-state index in [2.05, 4.69) is 0 Å². The zero-order valence-electron chi connectivity index (χ0n) is 14.0. The number of para-hydroxylation sites is 2. The van der Waals surface area contributed by atoms with Crippen LogP contribution in [0, 0.1) is 0 Å². The maximum atomic E-state index is 11.2. The minimum absolute atomic E-state index is 0.477. The molecule has 0 aliphatic carbocycles. The van der Waals surface area contributed by atoms with Crippen LogP contribution in [0.5, 0.6) is 23.0 Å². The lowest BCUT2D eigenvalue weighted by molar-refractivity contribution is 0.0946. The standard InChI is InChI=1S/C18H22O5/c1-18(19,12-8-6-10-14(20-2)16(12)22-4)13-9-7-11-15(21-3)17(13)23-5/h6-11,19H,1-5H3. The van der Waals surface area contributed by atoms with E-state index in [1.54, 1.807) is 71.8 Å². The normalized spacial score (nSPS) is 11.0. The lowest BCUT2D eigenvalue weighted by Gasteiger charge is -2.29. The first-order valence-electron chi connectivity index (χ1n) is 7.16. The van der Waals surface area contributed by atoms with Crippen molar-refractivity contribution in [2.24, 2.45) is 0 Å². The molecule has 0 heterocycles. The summed E-state index contributed by atoms with van der Waals surface area (Å²) in [5, 5.41) is 11.2. The van der Waals surface area contributed by atoms with E-state index in [-0.39, 0.29) is 0 Å². The molecule has 0 unspecified atom stereocenters. The van der Waals surface area contributed by atoms with Crippen molar-refractivity contribution in [1.82, 2.24) is 0 Å². The fraction of sp³-hybridized carbons (Fsp3) is 0.333. The zero-order valence-corrected chi connectivity index (χ0v) is 14.0. The average molecular weight is 318 g/mol. The molecule has 124 valence electrons. The van der Waals surface area contributed by atoms with E-state index in [9.17, 15) is 5.11 Å². The smallest absolute Gasteiger partial charge is 0.167 e. The van der Waals surface area contributed by atoms with Gasteiger partial charge in [0.15, 0.2) is 23.0 Å². The number of methoxy groups -OCH3 is 4. The van der Waals surface area contributed by atoms with Gasteiger partial charge in [-0.2, -0.15) is 0 Å². The predicted octanol–water partition coefficient (Wildman–Crippen LogP) is 2.98. The maximum absolute atomic E-state index is 11.2. The summed E-state index contributed by atoms with van der Waals surface area (Å²) >= 11 is 0. The van der Waals surface area contributed by atoms with E-state index in [1.165, 1.54) is 0 Å². The first-order chi connectivity index (χ1) is 11.0. The molecule has 2 aromatic carbocycles. The highest BCUT2D eigenvalue weighted by Gasteiger charge is 2.34. The Kier molecular flexibility index (Phi) is 5.01. The Morgan fingerprint density at radius 1 is 0.696 bits per heavy atom. The van der Waals surface area contributed by atoms with Crippen molar-refractivity contribution in [3.63, 3.8) is 0 Å². The summed E-state index contributed by atoms with van der Waals surface area (Å²) in [5.74, 6) is 2.05. The molecule has 0 saturated heterocycles. The highest BCUT2D eigenvalue weighted by atomic mass is 16.5. The molecule has 2 rings (SSSR count). The average Bonchev–Trinajstić information content (AvgIpc) is 2.59. The molecule has 0 aliphatic heterocycles. The van der Waals surface area contributed by atoms with Gasteiger partial charge in [0.05, 0.1) is 28.4 Å². The van der Waals surface area contributed by atoms with Crippen molar-refractivity contribution in [2.45, 2.75) is 12.5 Å². The molecule has 0 bridgehead atoms. The fourth-order valence-electron chi connectivity index (χ4n) is 2.69. The monoisotopic (exact) mass is 318 g/mol. The van der Waals surface area contributed by atoms with Crippen molar-refractivity contribution in [3.8, 4) is 23.0 Å². The molecule has 0 spiro atoms. The molecule has 0 saturated carbocycles. The minimum Gasteiger partial charge on any atom is -0.493 e. The third-order valence-electron chi connectivity index (χ3n) is 3.85. The summed E-state index contributed by atoms with van der Waals surface area (Å²) in [6.45, 7) is 1.68. The van der Waals surface area contributed by atoms with Gasteiger partial charge in [-0.05, 0) is 19.1 Å². The Balaban J connectivity index is 2.68. The highest BCUT2D eigenvalue weighted by molar-refractivity contribution is 5.57. The molecule has 5 heteroatoms. The number of hydrogen-bond donors (Lipinski definition) is 1. The summed E-state index contributed by atoms with van der Waals surface area (Å²) in [4.78, 5) is 0. The summed E-state index contributed by atoms with van der Waals surface area (Å²) in [6.07, 6.45) is 0. The van der Waals surface area contributed by atoms with Crippen molar-refractivity contribution < 1.29 is 24.1 Å². The first-order valence-corrected chi connectivity index (χ1v) is 7.16. The number of rotatable bonds is 6. The molecule has 0 atom stereocenters. The summed E-state index contributed by atoms with van der Waals surface area (Å²) in [7, 11) is 6.20. The van der Waals surface area contributed by atoms with Gasteiger partial charge in [0.25, 0.3) is 0 Å². The molecule has 2 aromatic rings. The first kappa shape index (κ1) is 17.0. The van der Waals surface area contributed by atoms with Gasteiger partial charge in [0.1, 0.15) is 5.60 Å². The van der Waals surface area contributed by atoms with E-state index >= 15 is 0 Å². The summed E-state index contributed by atoms with van der Waals surface area (Å²) in [5.41, 5.74) is -0.212. The van der Waals surface area contributed by atoms with Gasteiger partial charge in [0.2, 0.25) is 0 Å². The molecular weight excluding hydrogens is 296 g/mol. The molecule has 0 aliphatic rings. The second-order valence-corrected chi connectivity index (χ2v) is 5.15. The van der Waals surface area contributed by atoms with Crippen LogP contribution < -0.4 is 18.9 Å². The van der Waals surface area contributed by atoms with Gasteiger partial charge in [0, 0.05) is 11.1 Å². The Labute approximate surface area is 136 Å². The van der Waals surface area contributed by atoms with Gasteiger partial charge in [-0.3, -0.25) is 0 Å². The van der Waals surface area contributed by atoms with Crippen LogP contribution in [0.3, 0.4) is 0 Å². The van der Waals surface area contributed by atoms with Gasteiger partial charge in [-0.15, -0.1) is 0 Å². The topological polar surface area (TPSA) is 57.2 Å². The number of aliphatic hydroxyl groups is 1. The maximum Gasteiger partial charge on any atom is 0.167 e. The third kappa shape index (κ3) is 2.92. The Morgan fingerprint density at radius 2 is 1.09 bits per heavy atom. The van der Waals surface area contributed by atoms with Crippen molar-refractivity contribution in [3.05, 3.63) is 47.5 Å². The van der Waals surface area contributed by atoms with Crippen molar-refractivity contribution in [1.29, 1.82) is 0 Å². The van der Waals surface area contributed by atoms with Crippen molar-refractivity contribution in [2.75, 3.05) is 28.4 Å². The quantitative estimate of drug-likeness (QED) is 0.887. The predicted molar refractivity (Wildman–Crippen MR) is 87.8 cm³/mol. The van der Waals surface area contributed by atoms with Crippen molar-refractivity contribution >= 4 is 0 Å². The molecule has 0 amide bonds. The molecule has 5 nitrogen and oxygen atoms in total. The number of hydrogen-bond acceptors (Lipinski definition) is 5. The van der Waals surface area contributed by atoms with Crippen LogP contribution in [-0.4, -0.2) is 33.5 Å². The summed E-state index contributed by atoms with van der Waals surface area (Å²) < 4.78 is 21.5. The van der Waals surface area contributed by atoms with Crippen LogP contribution in [-0.2, 0) is 5.60 Å². The van der Waals surface area contributed by atoms with E-state index in [1.807, 2.05) is 0 Å². The van der Waals surface area contributed by atoms with E-state index in [0.29, 0.717) is 34.1 Å². The van der Waals surface area contributed by atoms with Crippen LogP contribution in [0.15, 0.2) is 36.4 Å². The van der Waals surface area contributed by atoms with E-state index in [4.69, 9.17) is 18.9 Å². The molecule has 0 radical (unpaired) electrons. The van der Waals surface area contributed by atoms with Crippen LogP contribution in [0.2, 0.25) is 0 Å². The van der Waals surface area contributed by atoms with Gasteiger partial charge >= 0.3 is 0 Å². The Hall–Kier alpha value is -2.40. The molecular formula is C18H22O5. The van der Waals surface area contributed by atoms with E-state index in [0.717, 1.165) is 0 Å². The molecule has 23 heavy (non-hydrogen) atoms. The highest BCUT2D eigenvalue weighted by Crippen LogP contribution is 2.45. The zero-order chi connectivity index (χ0) is 17.0. The largest absolute Gasteiger partial charge is 0.493 e. The lowest BCUT2D eigenvalue weighted by atomic mass is 9.86. The third-order valence-corrected chi connectivity index (χ3v) is 3.85. The minimum atomic E-state index is -1.36. The molecule has 0 fully saturated rings.